The molecule has 18 heavy (non-hydrogen) atoms. The van der Waals surface area contributed by atoms with Gasteiger partial charge in [-0.3, -0.25) is 9.69 Å². The van der Waals surface area contributed by atoms with E-state index in [1.54, 1.807) is 6.92 Å². The molecule has 0 bridgehead atoms. The second kappa shape index (κ2) is 5.10. The average Bonchev–Trinajstić information content (AvgIpc) is 3.10. The van der Waals surface area contributed by atoms with E-state index in [9.17, 15) is 4.79 Å². The van der Waals surface area contributed by atoms with Crippen LogP contribution in [0.5, 0.6) is 0 Å². The maximum absolute atomic E-state index is 11.0. The molecule has 5 nitrogen and oxygen atoms in total. The Bertz CT molecular complexity index is 418. The molecule has 1 N–H and O–H groups in total. The summed E-state index contributed by atoms with van der Waals surface area (Å²) in [5, 5.41) is 13.0. The van der Waals surface area contributed by atoms with Gasteiger partial charge >= 0.3 is 5.97 Å². The summed E-state index contributed by atoms with van der Waals surface area (Å²) in [5.74, 6) is -0.244. The van der Waals surface area contributed by atoms with Gasteiger partial charge in [0, 0.05) is 24.7 Å². The molecule has 1 atom stereocenters. The Labute approximate surface area is 107 Å². The Hall–Kier alpha value is -1.36. The maximum Gasteiger partial charge on any atom is 0.307 e. The molecule has 1 aromatic heterocycles. The van der Waals surface area contributed by atoms with Crippen molar-refractivity contribution in [3.05, 3.63) is 17.0 Å². The van der Waals surface area contributed by atoms with Gasteiger partial charge in [-0.1, -0.05) is 12.1 Å². The van der Waals surface area contributed by atoms with Gasteiger partial charge in [0.15, 0.2) is 0 Å². The summed E-state index contributed by atoms with van der Waals surface area (Å²) in [6, 6.07) is 0.528. The monoisotopic (exact) mass is 252 g/mol. The first-order valence-corrected chi connectivity index (χ1v) is 6.37. The van der Waals surface area contributed by atoms with Gasteiger partial charge in [0.2, 0.25) is 0 Å². The molecule has 1 fully saturated rings. The second-order valence-corrected chi connectivity index (χ2v) is 5.20. The van der Waals surface area contributed by atoms with Gasteiger partial charge in [0.05, 0.1) is 11.6 Å². The van der Waals surface area contributed by atoms with E-state index in [1.807, 2.05) is 13.8 Å². The highest BCUT2D eigenvalue weighted by molar-refractivity contribution is 5.69. The van der Waals surface area contributed by atoms with Gasteiger partial charge in [0.1, 0.15) is 5.76 Å². The fourth-order valence-corrected chi connectivity index (χ4v) is 2.14. The van der Waals surface area contributed by atoms with Crippen LogP contribution >= 0.6 is 0 Å². The van der Waals surface area contributed by atoms with Gasteiger partial charge in [-0.25, -0.2) is 0 Å². The van der Waals surface area contributed by atoms with Crippen molar-refractivity contribution >= 4 is 5.97 Å². The summed E-state index contributed by atoms with van der Waals surface area (Å²) < 4.78 is 5.16. The van der Waals surface area contributed by atoms with Crippen LogP contribution in [0.3, 0.4) is 0 Å². The lowest BCUT2D eigenvalue weighted by atomic mass is 10.1. The van der Waals surface area contributed by atoms with Crippen LogP contribution in [0, 0.1) is 19.8 Å². The highest BCUT2D eigenvalue weighted by atomic mass is 16.5. The lowest BCUT2D eigenvalue weighted by Gasteiger charge is -2.23. The molecule has 100 valence electrons. The lowest BCUT2D eigenvalue weighted by Crippen LogP contribution is -2.33. The van der Waals surface area contributed by atoms with E-state index in [4.69, 9.17) is 9.63 Å². The van der Waals surface area contributed by atoms with E-state index < -0.39 is 5.97 Å². The second-order valence-electron chi connectivity index (χ2n) is 5.20. The van der Waals surface area contributed by atoms with Crippen LogP contribution in [0.1, 0.15) is 36.8 Å². The number of aromatic nitrogens is 1. The summed E-state index contributed by atoms with van der Waals surface area (Å²) in [7, 11) is 0. The largest absolute Gasteiger partial charge is 0.481 e. The molecule has 0 radical (unpaired) electrons. The third kappa shape index (κ3) is 2.90. The summed E-state index contributed by atoms with van der Waals surface area (Å²) in [6.07, 6.45) is 2.32. The first-order valence-electron chi connectivity index (χ1n) is 6.37. The van der Waals surface area contributed by atoms with Crippen molar-refractivity contribution < 1.29 is 14.4 Å². The molecule has 1 unspecified atom stereocenters. The smallest absolute Gasteiger partial charge is 0.307 e. The Morgan fingerprint density at radius 1 is 1.56 bits per heavy atom. The van der Waals surface area contributed by atoms with E-state index in [2.05, 4.69) is 10.1 Å². The van der Waals surface area contributed by atoms with Crippen molar-refractivity contribution in [2.45, 2.75) is 46.2 Å². The number of carboxylic acid groups (broad SMARTS) is 1. The van der Waals surface area contributed by atoms with Crippen molar-refractivity contribution in [3.63, 3.8) is 0 Å². The standard InChI is InChI=1S/C13H20N2O3/c1-8(13(16)17)6-15(11-4-5-11)7-12-9(2)14-18-10(12)3/h8,11H,4-7H2,1-3H3,(H,16,17). The summed E-state index contributed by atoms with van der Waals surface area (Å²) >= 11 is 0. The minimum absolute atomic E-state index is 0.342. The zero-order chi connectivity index (χ0) is 13.3. The predicted molar refractivity (Wildman–Crippen MR) is 66.2 cm³/mol. The van der Waals surface area contributed by atoms with Crippen LogP contribution < -0.4 is 0 Å². The zero-order valence-corrected chi connectivity index (χ0v) is 11.1. The molecule has 1 aromatic rings. The van der Waals surface area contributed by atoms with Crippen LogP contribution in [0.4, 0.5) is 0 Å². The van der Waals surface area contributed by atoms with E-state index in [0.29, 0.717) is 12.6 Å². The molecule has 2 rings (SSSR count). The maximum atomic E-state index is 11.0. The molecular weight excluding hydrogens is 232 g/mol. The van der Waals surface area contributed by atoms with Crippen molar-refractivity contribution in [2.75, 3.05) is 6.54 Å². The molecule has 0 amide bonds. The molecule has 1 aliphatic carbocycles. The van der Waals surface area contributed by atoms with Crippen molar-refractivity contribution in [1.29, 1.82) is 0 Å². The van der Waals surface area contributed by atoms with Crippen LogP contribution in [0.15, 0.2) is 4.52 Å². The Balaban J connectivity index is 2.05. The van der Waals surface area contributed by atoms with Crippen LogP contribution in [0.25, 0.3) is 0 Å². The Morgan fingerprint density at radius 2 is 2.22 bits per heavy atom. The number of hydrogen-bond donors (Lipinski definition) is 1. The fraction of sp³-hybridized carbons (Fsp3) is 0.692. The third-order valence-corrected chi connectivity index (χ3v) is 3.54. The number of rotatable bonds is 6. The van der Waals surface area contributed by atoms with Gasteiger partial charge in [-0.05, 0) is 26.7 Å². The summed E-state index contributed by atoms with van der Waals surface area (Å²) in [5.41, 5.74) is 2.00. The number of nitrogens with zero attached hydrogens (tertiary/aromatic N) is 2. The number of carbonyl (C=O) groups is 1. The number of hydrogen-bond acceptors (Lipinski definition) is 4. The number of carboxylic acids is 1. The molecule has 0 aromatic carbocycles. The molecule has 0 aliphatic heterocycles. The first kappa shape index (κ1) is 13.1. The third-order valence-electron chi connectivity index (χ3n) is 3.54. The van der Waals surface area contributed by atoms with E-state index in [-0.39, 0.29) is 5.92 Å². The van der Waals surface area contributed by atoms with E-state index in [0.717, 1.165) is 36.4 Å². The number of aliphatic carboxylic acids is 1. The lowest BCUT2D eigenvalue weighted by molar-refractivity contribution is -0.141. The molecule has 1 saturated carbocycles. The molecular formula is C13H20N2O3. The minimum Gasteiger partial charge on any atom is -0.481 e. The molecule has 1 heterocycles. The first-order chi connectivity index (χ1) is 8.49. The zero-order valence-electron chi connectivity index (χ0n) is 11.1. The highest BCUT2D eigenvalue weighted by Gasteiger charge is 2.32. The molecule has 5 heteroatoms. The molecule has 0 saturated heterocycles. The normalized spacial score (nSPS) is 17.1. The van der Waals surface area contributed by atoms with Gasteiger partial charge in [-0.2, -0.15) is 0 Å². The summed E-state index contributed by atoms with van der Waals surface area (Å²) in [6.45, 7) is 6.91. The number of aryl methyl sites for hydroxylation is 2. The van der Waals surface area contributed by atoms with Crippen molar-refractivity contribution in [3.8, 4) is 0 Å². The Morgan fingerprint density at radius 3 is 2.67 bits per heavy atom. The van der Waals surface area contributed by atoms with Gasteiger partial charge in [-0.15, -0.1) is 0 Å². The van der Waals surface area contributed by atoms with Crippen LogP contribution in [-0.2, 0) is 11.3 Å². The predicted octanol–water partition coefficient (Wildman–Crippen LogP) is 1.98. The Kier molecular flexibility index (Phi) is 3.71. The molecule has 0 spiro atoms. The van der Waals surface area contributed by atoms with Crippen LogP contribution in [0.2, 0.25) is 0 Å². The SMILES string of the molecule is Cc1noc(C)c1CN(CC(C)C(=O)O)C1CC1. The quantitative estimate of drug-likeness (QED) is 0.838. The molecule has 1 aliphatic rings. The van der Waals surface area contributed by atoms with Crippen LogP contribution in [-0.4, -0.2) is 33.7 Å². The highest BCUT2D eigenvalue weighted by Crippen LogP contribution is 2.30. The van der Waals surface area contributed by atoms with Gasteiger partial charge < -0.3 is 9.63 Å². The summed E-state index contributed by atoms with van der Waals surface area (Å²) in [4.78, 5) is 13.2. The topological polar surface area (TPSA) is 66.6 Å². The van der Waals surface area contributed by atoms with E-state index in [1.165, 1.54) is 0 Å². The van der Waals surface area contributed by atoms with E-state index >= 15 is 0 Å². The minimum atomic E-state index is -0.737. The fourth-order valence-electron chi connectivity index (χ4n) is 2.14. The van der Waals surface area contributed by atoms with Crippen molar-refractivity contribution in [2.24, 2.45) is 5.92 Å². The average molecular weight is 252 g/mol. The van der Waals surface area contributed by atoms with Gasteiger partial charge in [0.25, 0.3) is 0 Å². The van der Waals surface area contributed by atoms with Crippen molar-refractivity contribution in [1.82, 2.24) is 10.1 Å².